The van der Waals surface area contributed by atoms with Gasteiger partial charge in [0.1, 0.15) is 5.69 Å². The topological polar surface area (TPSA) is 69.0 Å². The summed E-state index contributed by atoms with van der Waals surface area (Å²) in [5, 5.41) is 4.41. The summed E-state index contributed by atoms with van der Waals surface area (Å²) < 4.78 is 13.3. The zero-order valence-corrected chi connectivity index (χ0v) is 15.9. The minimum Gasteiger partial charge on any atom is -0.381 e. The summed E-state index contributed by atoms with van der Waals surface area (Å²) in [6.07, 6.45) is 3.74. The molecular formula is C19H26N4O3. The molecule has 1 amide bonds. The van der Waals surface area contributed by atoms with Gasteiger partial charge >= 0.3 is 0 Å². The molecule has 2 aliphatic rings. The highest BCUT2D eigenvalue weighted by molar-refractivity contribution is 5.93. The molecule has 0 radical (unpaired) electrons. The predicted molar refractivity (Wildman–Crippen MR) is 96.3 cm³/mol. The number of hydrogen-bond acceptors (Lipinski definition) is 5. The van der Waals surface area contributed by atoms with E-state index in [1.165, 1.54) is 0 Å². The van der Waals surface area contributed by atoms with Crippen LogP contribution in [0.25, 0.3) is 5.65 Å². The summed E-state index contributed by atoms with van der Waals surface area (Å²) in [4.78, 5) is 19.8. The molecule has 0 N–H and O–H groups in total. The largest absolute Gasteiger partial charge is 0.381 e. The van der Waals surface area contributed by atoms with E-state index in [1.807, 2.05) is 30.9 Å². The third-order valence-corrected chi connectivity index (χ3v) is 6.08. The number of rotatable bonds is 3. The highest BCUT2D eigenvalue weighted by Gasteiger charge is 2.52. The monoisotopic (exact) mass is 358 g/mol. The zero-order valence-electron chi connectivity index (χ0n) is 15.9. The Morgan fingerprint density at radius 1 is 1.27 bits per heavy atom. The fourth-order valence-corrected chi connectivity index (χ4v) is 4.62. The first kappa shape index (κ1) is 17.4. The number of amides is 1. The lowest BCUT2D eigenvalue weighted by atomic mass is 9.79. The number of methoxy groups -OCH3 is 2. The molecule has 2 fully saturated rings. The van der Waals surface area contributed by atoms with Gasteiger partial charge in [0.2, 0.25) is 0 Å². The van der Waals surface area contributed by atoms with Crippen LogP contribution < -0.4 is 0 Å². The van der Waals surface area contributed by atoms with E-state index in [1.54, 1.807) is 18.7 Å². The van der Waals surface area contributed by atoms with Crippen molar-refractivity contribution in [1.82, 2.24) is 19.5 Å². The lowest BCUT2D eigenvalue weighted by Gasteiger charge is -2.43. The van der Waals surface area contributed by atoms with Gasteiger partial charge in [0.25, 0.3) is 5.91 Å². The van der Waals surface area contributed by atoms with Crippen LogP contribution in [0.4, 0.5) is 0 Å². The highest BCUT2D eigenvalue weighted by atomic mass is 16.5. The highest BCUT2D eigenvalue weighted by Crippen LogP contribution is 2.43. The molecule has 0 aromatic carbocycles. The van der Waals surface area contributed by atoms with Crippen molar-refractivity contribution in [2.24, 2.45) is 0 Å². The summed E-state index contributed by atoms with van der Waals surface area (Å²) in [7, 11) is 3.50. The summed E-state index contributed by atoms with van der Waals surface area (Å²) in [5.41, 5.74) is 2.72. The molecule has 3 heterocycles. The molecule has 1 aliphatic heterocycles. The van der Waals surface area contributed by atoms with Gasteiger partial charge in [-0.3, -0.25) is 4.79 Å². The number of fused-ring (bicyclic) bond motifs is 2. The third-order valence-electron chi connectivity index (χ3n) is 6.08. The summed E-state index contributed by atoms with van der Waals surface area (Å²) in [5.74, 6) is -0.0323. The molecule has 1 saturated carbocycles. The van der Waals surface area contributed by atoms with Crippen molar-refractivity contribution < 1.29 is 14.3 Å². The van der Waals surface area contributed by atoms with E-state index >= 15 is 0 Å². The molecule has 1 saturated heterocycles. The molecule has 2 aromatic heterocycles. The maximum absolute atomic E-state index is 13.3. The van der Waals surface area contributed by atoms with E-state index in [9.17, 15) is 4.79 Å². The Morgan fingerprint density at radius 3 is 2.81 bits per heavy atom. The van der Waals surface area contributed by atoms with Gasteiger partial charge in [-0.2, -0.15) is 5.10 Å². The first-order valence-electron chi connectivity index (χ1n) is 9.20. The van der Waals surface area contributed by atoms with Gasteiger partial charge in [-0.25, -0.2) is 9.50 Å². The number of aryl methyl sites for hydroxylation is 2. The molecule has 0 bridgehead atoms. The maximum atomic E-state index is 13.3. The Kier molecular flexibility index (Phi) is 4.23. The Bertz CT molecular complexity index is 849. The van der Waals surface area contributed by atoms with Gasteiger partial charge in [-0.05, 0) is 45.6 Å². The lowest BCUT2D eigenvalue weighted by Crippen LogP contribution is -2.53. The van der Waals surface area contributed by atoms with Crippen LogP contribution in [-0.4, -0.2) is 63.9 Å². The normalized spacial score (nSPS) is 28.5. The van der Waals surface area contributed by atoms with Crippen LogP contribution in [-0.2, 0) is 9.47 Å². The maximum Gasteiger partial charge on any atom is 0.272 e. The number of carbonyl (C=O) groups excluding carboxylic acids is 1. The van der Waals surface area contributed by atoms with E-state index in [4.69, 9.17) is 9.47 Å². The molecule has 7 heteroatoms. The minimum absolute atomic E-state index is 0.0312. The molecular weight excluding hydrogens is 332 g/mol. The van der Waals surface area contributed by atoms with Crippen molar-refractivity contribution >= 4 is 11.6 Å². The first-order chi connectivity index (χ1) is 12.5. The fraction of sp³-hybridized carbons (Fsp3) is 0.632. The smallest absolute Gasteiger partial charge is 0.272 e. The molecule has 1 aliphatic carbocycles. The van der Waals surface area contributed by atoms with Crippen molar-refractivity contribution in [3.8, 4) is 0 Å². The van der Waals surface area contributed by atoms with Crippen LogP contribution in [0.3, 0.4) is 0 Å². The fourth-order valence-electron chi connectivity index (χ4n) is 4.62. The van der Waals surface area contributed by atoms with Crippen LogP contribution >= 0.6 is 0 Å². The average Bonchev–Trinajstić information content (AvgIpc) is 3.21. The number of likely N-dealkylation sites (tertiary alicyclic amines) is 1. The van der Waals surface area contributed by atoms with Crippen LogP contribution in [0, 0.1) is 13.8 Å². The third kappa shape index (κ3) is 2.61. The minimum atomic E-state index is -0.253. The van der Waals surface area contributed by atoms with Gasteiger partial charge in [0, 0.05) is 32.5 Å². The Morgan fingerprint density at radius 2 is 2.08 bits per heavy atom. The SMILES string of the molecule is COC1CC[C@@]2(OC)CCN(C(=O)c3cc(C)n4nc(C)cc4n3)C2C1. The van der Waals surface area contributed by atoms with Gasteiger partial charge < -0.3 is 14.4 Å². The second-order valence-electron chi connectivity index (χ2n) is 7.50. The summed E-state index contributed by atoms with van der Waals surface area (Å²) in [6.45, 7) is 4.57. The van der Waals surface area contributed by atoms with Crippen molar-refractivity contribution in [1.29, 1.82) is 0 Å². The Balaban J connectivity index is 1.67. The second-order valence-corrected chi connectivity index (χ2v) is 7.50. The quantitative estimate of drug-likeness (QED) is 0.841. The molecule has 140 valence electrons. The van der Waals surface area contributed by atoms with Crippen LogP contribution in [0.2, 0.25) is 0 Å². The Hall–Kier alpha value is -1.99. The van der Waals surface area contributed by atoms with Crippen molar-refractivity contribution in [2.45, 2.75) is 57.3 Å². The van der Waals surface area contributed by atoms with Crippen LogP contribution in [0.15, 0.2) is 12.1 Å². The molecule has 3 atom stereocenters. The molecule has 4 rings (SSSR count). The van der Waals surface area contributed by atoms with E-state index in [-0.39, 0.29) is 23.7 Å². The van der Waals surface area contributed by atoms with Crippen LogP contribution in [0.1, 0.15) is 47.6 Å². The second kappa shape index (κ2) is 6.32. The molecule has 2 aromatic rings. The van der Waals surface area contributed by atoms with Crippen molar-refractivity contribution in [2.75, 3.05) is 20.8 Å². The number of aromatic nitrogens is 3. The van der Waals surface area contributed by atoms with Gasteiger partial charge in [-0.1, -0.05) is 0 Å². The molecule has 26 heavy (non-hydrogen) atoms. The predicted octanol–water partition coefficient (Wildman–Crippen LogP) is 2.14. The summed E-state index contributed by atoms with van der Waals surface area (Å²) in [6, 6.07) is 3.75. The van der Waals surface area contributed by atoms with E-state index in [2.05, 4.69) is 10.1 Å². The van der Waals surface area contributed by atoms with Gasteiger partial charge in [0.15, 0.2) is 5.65 Å². The van der Waals surface area contributed by atoms with Crippen molar-refractivity contribution in [3.63, 3.8) is 0 Å². The first-order valence-corrected chi connectivity index (χ1v) is 9.20. The Labute approximate surface area is 153 Å². The van der Waals surface area contributed by atoms with E-state index in [0.29, 0.717) is 17.9 Å². The van der Waals surface area contributed by atoms with Crippen molar-refractivity contribution in [3.05, 3.63) is 29.2 Å². The number of nitrogens with zero attached hydrogens (tertiary/aromatic N) is 4. The van der Waals surface area contributed by atoms with E-state index < -0.39 is 0 Å². The number of carbonyl (C=O) groups is 1. The lowest BCUT2D eigenvalue weighted by molar-refractivity contribution is -0.0894. The number of hydrogen-bond donors (Lipinski definition) is 0. The molecule has 2 unspecified atom stereocenters. The zero-order chi connectivity index (χ0) is 18.5. The van der Waals surface area contributed by atoms with Crippen LogP contribution in [0.5, 0.6) is 0 Å². The number of ether oxygens (including phenoxy) is 2. The summed E-state index contributed by atoms with van der Waals surface area (Å²) >= 11 is 0. The van der Waals surface area contributed by atoms with Gasteiger partial charge in [-0.15, -0.1) is 0 Å². The molecule has 7 nitrogen and oxygen atoms in total. The average molecular weight is 358 g/mol. The van der Waals surface area contributed by atoms with Gasteiger partial charge in [0.05, 0.1) is 23.4 Å². The standard InChI is InChI=1S/C19H26N4O3/c1-12-9-17-20-15(10-13(2)23(17)21-12)18(24)22-8-7-19(26-4)6-5-14(25-3)11-16(19)22/h9-10,14,16H,5-8,11H2,1-4H3/t14?,16?,19-/m1/s1. The molecule has 0 spiro atoms. The van der Waals surface area contributed by atoms with E-state index in [0.717, 1.165) is 37.1 Å².